The summed E-state index contributed by atoms with van der Waals surface area (Å²) in [6.07, 6.45) is 14.1. The van der Waals surface area contributed by atoms with E-state index in [0.29, 0.717) is 11.3 Å². The van der Waals surface area contributed by atoms with Crippen LogP contribution in [-0.4, -0.2) is 3.21 Å². The third-order valence-corrected chi connectivity index (χ3v) is 12.8. The SMILES string of the molecule is CC1=[C-]C(C)(C)c2cc3c(cc21)-c1cc2c(cc1C3)C(C)(C)C=C2C.CCC1=[C-]C(C)C=C1C(C)(C)C.Cc1ccc([C](=[Zr+2])c2ccc(C)cc2)cc1.[Cl-].[Cl-]. The molecule has 0 radical (unpaired) electrons. The maximum Gasteiger partial charge on any atom is -1.00 e. The van der Waals surface area contributed by atoms with E-state index in [2.05, 4.69) is 187 Å². The van der Waals surface area contributed by atoms with Gasteiger partial charge in [0.15, 0.2) is 0 Å². The van der Waals surface area contributed by atoms with Crippen molar-refractivity contribution in [1.29, 1.82) is 0 Å². The number of hydrogen-bond donors (Lipinski definition) is 0. The first kappa shape index (κ1) is 44.9. The fourth-order valence-corrected chi connectivity index (χ4v) is 9.44. The second-order valence-corrected chi connectivity index (χ2v) is 19.1. The number of benzene rings is 4. The molecule has 0 heterocycles. The Hall–Kier alpha value is -2.83. The van der Waals surface area contributed by atoms with Crippen LogP contribution in [-0.2, 0) is 41.5 Å². The molecule has 0 saturated carbocycles. The predicted octanol–water partition coefficient (Wildman–Crippen LogP) is 7.63. The van der Waals surface area contributed by atoms with E-state index in [9.17, 15) is 0 Å². The van der Waals surface area contributed by atoms with Crippen molar-refractivity contribution in [2.75, 3.05) is 0 Å². The van der Waals surface area contributed by atoms with Gasteiger partial charge in [-0.05, 0) is 58.4 Å². The van der Waals surface area contributed by atoms with E-state index in [0.717, 1.165) is 12.8 Å². The fraction of sp³-hybridized carbons (Fsp3) is 0.365. The molecular formula is C52H58Cl2Zr-2. The Kier molecular flexibility index (Phi) is 13.8. The molecule has 0 amide bonds. The minimum Gasteiger partial charge on any atom is -1.00 e. The second-order valence-electron chi connectivity index (χ2n) is 17.9. The third-order valence-electron chi connectivity index (χ3n) is 11.4. The Morgan fingerprint density at radius 1 is 0.727 bits per heavy atom. The molecule has 0 fully saturated rings. The van der Waals surface area contributed by atoms with Crippen molar-refractivity contribution in [3.63, 3.8) is 0 Å². The van der Waals surface area contributed by atoms with Gasteiger partial charge in [0, 0.05) is 5.41 Å². The quantitative estimate of drug-likeness (QED) is 0.164. The van der Waals surface area contributed by atoms with E-state index >= 15 is 0 Å². The Balaban J connectivity index is 0.000000195. The van der Waals surface area contributed by atoms with Gasteiger partial charge in [-0.25, -0.2) is 11.1 Å². The molecule has 3 heteroatoms. The molecule has 4 aliphatic carbocycles. The van der Waals surface area contributed by atoms with Gasteiger partial charge in [-0.2, -0.15) is 17.2 Å². The van der Waals surface area contributed by atoms with E-state index < -0.39 is 0 Å². The molecule has 1 atom stereocenters. The average molecular weight is 845 g/mol. The first-order valence-corrected chi connectivity index (χ1v) is 20.8. The number of rotatable bonds is 3. The van der Waals surface area contributed by atoms with Gasteiger partial charge in [-0.1, -0.05) is 111 Å². The van der Waals surface area contributed by atoms with Crippen molar-refractivity contribution in [1.82, 2.24) is 0 Å². The molecule has 0 spiro atoms. The zero-order valence-corrected chi connectivity index (χ0v) is 39.3. The molecular weight excluding hydrogens is 787 g/mol. The first-order valence-electron chi connectivity index (χ1n) is 19.5. The first-order chi connectivity index (χ1) is 24.8. The second kappa shape index (κ2) is 17.0. The van der Waals surface area contributed by atoms with Gasteiger partial charge in [0.1, 0.15) is 0 Å². The van der Waals surface area contributed by atoms with E-state index in [1.807, 2.05) is 0 Å². The van der Waals surface area contributed by atoms with Crippen LogP contribution in [0.25, 0.3) is 22.3 Å². The molecule has 4 aliphatic rings. The number of hydrogen-bond acceptors (Lipinski definition) is 0. The summed E-state index contributed by atoms with van der Waals surface area (Å²) in [5.74, 6) is 0.522. The van der Waals surface area contributed by atoms with Crippen LogP contribution in [0.3, 0.4) is 0 Å². The summed E-state index contributed by atoms with van der Waals surface area (Å²) in [4.78, 5) is 0. The van der Waals surface area contributed by atoms with E-state index in [1.54, 1.807) is 0 Å². The van der Waals surface area contributed by atoms with Crippen molar-refractivity contribution in [3.8, 4) is 11.1 Å². The average Bonchev–Trinajstić information content (AvgIpc) is 3.78. The number of fused-ring (bicyclic) bond motifs is 5. The van der Waals surface area contributed by atoms with Crippen molar-refractivity contribution >= 4 is 14.4 Å². The number of allylic oxidation sites excluding steroid dienone is 8. The zero-order chi connectivity index (χ0) is 38.6. The maximum atomic E-state index is 3.65. The Morgan fingerprint density at radius 2 is 1.22 bits per heavy atom. The predicted molar refractivity (Wildman–Crippen MR) is 226 cm³/mol. The van der Waals surface area contributed by atoms with Gasteiger partial charge >= 0.3 is 112 Å². The molecule has 0 bridgehead atoms. The van der Waals surface area contributed by atoms with Gasteiger partial charge in [0.2, 0.25) is 0 Å². The Morgan fingerprint density at radius 3 is 1.69 bits per heavy atom. The minimum atomic E-state index is 0. The molecule has 8 rings (SSSR count). The molecule has 0 aromatic heterocycles. The molecule has 0 saturated heterocycles. The van der Waals surface area contributed by atoms with Crippen molar-refractivity contribution < 1.29 is 49.0 Å². The minimum absolute atomic E-state index is 0. The number of aryl methyl sites for hydroxylation is 2. The van der Waals surface area contributed by atoms with E-state index in [-0.39, 0.29) is 35.6 Å². The van der Waals surface area contributed by atoms with E-state index in [4.69, 9.17) is 0 Å². The zero-order valence-electron chi connectivity index (χ0n) is 35.3. The largest absolute Gasteiger partial charge is 1.00 e. The summed E-state index contributed by atoms with van der Waals surface area (Å²) in [7, 11) is 0. The summed E-state index contributed by atoms with van der Waals surface area (Å²) in [5, 5.41) is 0. The molecule has 286 valence electrons. The molecule has 1 unspecified atom stereocenters. The van der Waals surface area contributed by atoms with Crippen LogP contribution in [0.1, 0.15) is 138 Å². The fourth-order valence-electron chi connectivity index (χ4n) is 8.62. The van der Waals surface area contributed by atoms with E-state index in [1.165, 1.54) is 116 Å². The van der Waals surface area contributed by atoms with Crippen LogP contribution in [0.2, 0.25) is 0 Å². The summed E-state index contributed by atoms with van der Waals surface area (Å²) in [6.45, 7) is 29.2. The van der Waals surface area contributed by atoms with Gasteiger partial charge in [-0.3, -0.25) is 12.2 Å². The molecule has 0 N–H and O–H groups in total. The van der Waals surface area contributed by atoms with Crippen molar-refractivity contribution in [2.45, 2.75) is 114 Å². The normalized spacial score (nSPS) is 17.5. The smallest absolute Gasteiger partial charge is 1.00 e. The summed E-state index contributed by atoms with van der Waals surface area (Å²) in [5.41, 5.74) is 23.1. The van der Waals surface area contributed by atoms with Gasteiger partial charge in [0.25, 0.3) is 0 Å². The maximum absolute atomic E-state index is 3.65. The molecule has 4 aromatic carbocycles. The molecule has 4 aromatic rings. The van der Waals surface area contributed by atoms with Crippen LogP contribution in [0.15, 0.2) is 96.1 Å². The van der Waals surface area contributed by atoms with Gasteiger partial charge in [0.05, 0.1) is 0 Å². The van der Waals surface area contributed by atoms with Crippen molar-refractivity contribution in [2.24, 2.45) is 11.3 Å². The Labute approximate surface area is 360 Å². The van der Waals surface area contributed by atoms with Crippen LogP contribution >= 0.6 is 0 Å². The van der Waals surface area contributed by atoms with Crippen molar-refractivity contribution in [3.05, 3.63) is 164 Å². The molecule has 0 nitrogen and oxygen atoms in total. The standard InChI is InChI=1S/C25H25.C15H14.C12H19.2ClH.Zr/c1-14-12-24(3,4)22-8-16-7-17-9-23-19(15(2)13-25(23,5)6)11-21(17)20(16)10-18(14)22;1-12-3-7-14(8-4-12)11-15-9-5-13(2)6-10-15;1-6-10-7-9(2)8-11(10)12(3,4)5;;;/h8-12H,7H2,1-6H3;3-10H,1-2H3;8-9H,6H2,1-5H3;2*1H;/q-1;;-1;;;+2/p-2. The van der Waals surface area contributed by atoms with Crippen LogP contribution in [0.4, 0.5) is 0 Å². The summed E-state index contributed by atoms with van der Waals surface area (Å²) >= 11 is 1.46. The van der Waals surface area contributed by atoms with Gasteiger partial charge in [-0.15, -0.1) is 11.6 Å². The topological polar surface area (TPSA) is 0 Å². The molecule has 0 aliphatic heterocycles. The van der Waals surface area contributed by atoms with Crippen LogP contribution in [0.5, 0.6) is 0 Å². The number of halogens is 2. The van der Waals surface area contributed by atoms with Crippen LogP contribution < -0.4 is 24.8 Å². The molecule has 55 heavy (non-hydrogen) atoms. The third kappa shape index (κ3) is 9.33. The summed E-state index contributed by atoms with van der Waals surface area (Å²) in [6, 6.07) is 27.3. The Bertz CT molecular complexity index is 2080. The monoisotopic (exact) mass is 842 g/mol. The van der Waals surface area contributed by atoms with Gasteiger partial charge < -0.3 is 24.8 Å². The summed E-state index contributed by atoms with van der Waals surface area (Å²) < 4.78 is 1.42. The van der Waals surface area contributed by atoms with Crippen LogP contribution in [0, 0.1) is 37.3 Å².